The molecule has 0 aliphatic rings. The van der Waals surface area contributed by atoms with E-state index in [9.17, 15) is 18.4 Å². The number of aldehydes is 1. The molecule has 0 spiro atoms. The van der Waals surface area contributed by atoms with Gasteiger partial charge >= 0.3 is 5.97 Å². The number of carbonyl (C=O) groups excluding carboxylic acids is 2. The fourth-order valence-electron chi connectivity index (χ4n) is 0.890. The summed E-state index contributed by atoms with van der Waals surface area (Å²) in [5, 5.41) is 0. The molecule has 0 saturated carbocycles. The Balaban J connectivity index is 3.08. The molecule has 0 heterocycles. The van der Waals surface area contributed by atoms with Gasteiger partial charge in [0.05, 0.1) is 5.56 Å². The average molecular weight is 212 g/mol. The summed E-state index contributed by atoms with van der Waals surface area (Å²) in [6.07, 6.45) is 0.896. The van der Waals surface area contributed by atoms with Gasteiger partial charge in [-0.2, -0.15) is 0 Å². The minimum Gasteiger partial charge on any atom is -0.423 e. The average Bonchev–Trinajstić information content (AvgIpc) is 2.17. The minimum atomic E-state index is -1.09. The SMILES string of the molecule is C=CC(=O)Oc1cc(F)c(C=O)c(F)c1. The van der Waals surface area contributed by atoms with E-state index in [-0.39, 0.29) is 12.0 Å². The van der Waals surface area contributed by atoms with Crippen LogP contribution < -0.4 is 4.74 Å². The molecule has 0 radical (unpaired) electrons. The molecular formula is C10H6F2O3. The molecule has 0 atom stereocenters. The van der Waals surface area contributed by atoms with Crippen molar-refractivity contribution in [1.82, 2.24) is 0 Å². The maximum atomic E-state index is 13.0. The van der Waals surface area contributed by atoms with Crippen molar-refractivity contribution in [3.8, 4) is 5.75 Å². The number of hydrogen-bond acceptors (Lipinski definition) is 3. The Morgan fingerprint density at radius 1 is 1.33 bits per heavy atom. The first kappa shape index (κ1) is 11.0. The second kappa shape index (κ2) is 4.45. The highest BCUT2D eigenvalue weighted by Crippen LogP contribution is 2.19. The first-order valence-corrected chi connectivity index (χ1v) is 3.87. The van der Waals surface area contributed by atoms with Crippen LogP contribution in [0.2, 0.25) is 0 Å². The third-order valence-electron chi connectivity index (χ3n) is 1.56. The molecule has 0 N–H and O–H groups in total. The lowest BCUT2D eigenvalue weighted by atomic mass is 10.2. The van der Waals surface area contributed by atoms with Crippen molar-refractivity contribution in [2.24, 2.45) is 0 Å². The third kappa shape index (κ3) is 2.46. The van der Waals surface area contributed by atoms with Gasteiger partial charge in [-0.1, -0.05) is 6.58 Å². The van der Waals surface area contributed by atoms with Crippen molar-refractivity contribution in [1.29, 1.82) is 0 Å². The Hall–Kier alpha value is -2.04. The van der Waals surface area contributed by atoms with E-state index in [1.165, 1.54) is 0 Å². The van der Waals surface area contributed by atoms with Crippen molar-refractivity contribution in [3.63, 3.8) is 0 Å². The van der Waals surface area contributed by atoms with E-state index in [0.717, 1.165) is 18.2 Å². The van der Waals surface area contributed by atoms with Crippen LogP contribution >= 0.6 is 0 Å². The summed E-state index contributed by atoms with van der Waals surface area (Å²) < 4.78 is 30.4. The minimum absolute atomic E-state index is 0.0454. The van der Waals surface area contributed by atoms with Gasteiger partial charge in [-0.05, 0) is 0 Å². The monoisotopic (exact) mass is 212 g/mol. The second-order valence-corrected chi connectivity index (χ2v) is 2.54. The summed E-state index contributed by atoms with van der Waals surface area (Å²) in [6.45, 7) is 3.12. The maximum Gasteiger partial charge on any atom is 0.335 e. The number of ether oxygens (including phenoxy) is 1. The van der Waals surface area contributed by atoms with Gasteiger partial charge in [0, 0.05) is 18.2 Å². The topological polar surface area (TPSA) is 43.4 Å². The van der Waals surface area contributed by atoms with Crippen LogP contribution in [-0.4, -0.2) is 12.3 Å². The zero-order valence-electron chi connectivity index (χ0n) is 7.50. The zero-order chi connectivity index (χ0) is 11.4. The Morgan fingerprint density at radius 3 is 2.27 bits per heavy atom. The molecule has 15 heavy (non-hydrogen) atoms. The summed E-state index contributed by atoms with van der Waals surface area (Å²) in [7, 11) is 0. The molecule has 0 aliphatic heterocycles. The Labute approximate surface area is 84.0 Å². The van der Waals surface area contributed by atoms with Gasteiger partial charge in [0.25, 0.3) is 0 Å². The molecule has 3 nitrogen and oxygen atoms in total. The summed E-state index contributed by atoms with van der Waals surface area (Å²) >= 11 is 0. The van der Waals surface area contributed by atoms with E-state index in [1.54, 1.807) is 0 Å². The Bertz CT molecular complexity index is 404. The summed E-state index contributed by atoms with van der Waals surface area (Å²) in [6, 6.07) is 1.49. The fraction of sp³-hybridized carbons (Fsp3) is 0. The first-order chi connectivity index (χ1) is 7.08. The number of halogens is 2. The Kier molecular flexibility index (Phi) is 3.28. The summed E-state index contributed by atoms with van der Waals surface area (Å²) in [4.78, 5) is 20.9. The van der Waals surface area contributed by atoms with E-state index in [2.05, 4.69) is 11.3 Å². The largest absolute Gasteiger partial charge is 0.423 e. The highest BCUT2D eigenvalue weighted by atomic mass is 19.1. The van der Waals surface area contributed by atoms with Gasteiger partial charge in [0.15, 0.2) is 6.29 Å². The van der Waals surface area contributed by atoms with Gasteiger partial charge in [-0.25, -0.2) is 13.6 Å². The van der Waals surface area contributed by atoms with Crippen molar-refractivity contribution in [3.05, 3.63) is 42.0 Å². The lowest BCUT2D eigenvalue weighted by Crippen LogP contribution is -2.05. The molecule has 1 rings (SSSR count). The van der Waals surface area contributed by atoms with Gasteiger partial charge in [0.2, 0.25) is 0 Å². The summed E-state index contributed by atoms with van der Waals surface area (Å²) in [5.74, 6) is -3.33. The predicted octanol–water partition coefficient (Wildman–Crippen LogP) is 1.87. The van der Waals surface area contributed by atoms with Crippen LogP contribution in [0.3, 0.4) is 0 Å². The molecule has 78 valence electrons. The van der Waals surface area contributed by atoms with Gasteiger partial charge < -0.3 is 4.74 Å². The van der Waals surface area contributed by atoms with E-state index >= 15 is 0 Å². The van der Waals surface area contributed by atoms with E-state index in [4.69, 9.17) is 0 Å². The van der Waals surface area contributed by atoms with Crippen molar-refractivity contribution < 1.29 is 23.1 Å². The molecule has 1 aromatic carbocycles. The fourth-order valence-corrected chi connectivity index (χ4v) is 0.890. The van der Waals surface area contributed by atoms with Crippen molar-refractivity contribution >= 4 is 12.3 Å². The predicted molar refractivity (Wildman–Crippen MR) is 47.6 cm³/mol. The second-order valence-electron chi connectivity index (χ2n) is 2.54. The molecule has 1 aromatic rings. The van der Waals surface area contributed by atoms with Crippen molar-refractivity contribution in [2.45, 2.75) is 0 Å². The number of benzene rings is 1. The number of esters is 1. The van der Waals surface area contributed by atoms with Crippen LogP contribution in [-0.2, 0) is 4.79 Å². The van der Waals surface area contributed by atoms with Gasteiger partial charge in [0.1, 0.15) is 17.4 Å². The van der Waals surface area contributed by atoms with Crippen molar-refractivity contribution in [2.75, 3.05) is 0 Å². The standard InChI is InChI=1S/C10H6F2O3/c1-2-10(14)15-6-3-8(11)7(5-13)9(12)4-6/h2-5H,1H2. The summed E-state index contributed by atoms with van der Waals surface area (Å²) in [5.41, 5.74) is -0.701. The van der Waals surface area contributed by atoms with Gasteiger partial charge in [-0.3, -0.25) is 4.79 Å². The van der Waals surface area contributed by atoms with Crippen LogP contribution in [0.5, 0.6) is 5.75 Å². The molecular weight excluding hydrogens is 206 g/mol. The first-order valence-electron chi connectivity index (χ1n) is 3.87. The number of rotatable bonds is 3. The van der Waals surface area contributed by atoms with E-state index in [1.807, 2.05) is 0 Å². The van der Waals surface area contributed by atoms with Crippen LogP contribution in [0, 0.1) is 11.6 Å². The van der Waals surface area contributed by atoms with Gasteiger partial charge in [-0.15, -0.1) is 0 Å². The van der Waals surface area contributed by atoms with E-state index < -0.39 is 23.2 Å². The highest BCUT2D eigenvalue weighted by molar-refractivity contribution is 5.83. The van der Waals surface area contributed by atoms with E-state index in [0.29, 0.717) is 0 Å². The Morgan fingerprint density at radius 2 is 1.87 bits per heavy atom. The number of carbonyl (C=O) groups is 2. The molecule has 0 saturated heterocycles. The molecule has 0 fully saturated rings. The van der Waals surface area contributed by atoms with Crippen LogP contribution in [0.15, 0.2) is 24.8 Å². The smallest absolute Gasteiger partial charge is 0.335 e. The third-order valence-corrected chi connectivity index (χ3v) is 1.56. The van der Waals surface area contributed by atoms with Crippen LogP contribution in [0.1, 0.15) is 10.4 Å². The molecule has 5 heteroatoms. The molecule has 0 unspecified atom stereocenters. The van der Waals surface area contributed by atoms with Crippen LogP contribution in [0.25, 0.3) is 0 Å². The zero-order valence-corrected chi connectivity index (χ0v) is 7.50. The lowest BCUT2D eigenvalue weighted by molar-refractivity contribution is -0.128. The lowest BCUT2D eigenvalue weighted by Gasteiger charge is -2.03. The highest BCUT2D eigenvalue weighted by Gasteiger charge is 2.12. The quantitative estimate of drug-likeness (QED) is 0.332. The molecule has 0 amide bonds. The maximum absolute atomic E-state index is 13.0. The molecule has 0 aliphatic carbocycles. The molecule has 0 aromatic heterocycles. The molecule has 0 bridgehead atoms. The number of hydrogen-bond donors (Lipinski definition) is 0. The van der Waals surface area contributed by atoms with Crippen LogP contribution in [0.4, 0.5) is 8.78 Å². The normalized spacial score (nSPS) is 9.47.